The number of methoxy groups -OCH3 is 2. The summed E-state index contributed by atoms with van der Waals surface area (Å²) >= 11 is 0. The lowest BCUT2D eigenvalue weighted by Gasteiger charge is -2.23. The molecule has 7 nitrogen and oxygen atoms in total. The third-order valence-electron chi connectivity index (χ3n) is 5.74. The highest BCUT2D eigenvalue weighted by atomic mass is 32.2. The highest BCUT2D eigenvalue weighted by Gasteiger charge is 2.31. The summed E-state index contributed by atoms with van der Waals surface area (Å²) in [4.78, 5) is 15.0. The fraction of sp³-hybridized carbons (Fsp3) is 0.240. The number of ether oxygens (including phenoxy) is 2. The average molecular weight is 467 g/mol. The molecule has 33 heavy (non-hydrogen) atoms. The SMILES string of the molecule is COc1ccc(S(=O)(=O)NCc2ccc3c(c2)N(C(=O)c2ccccc2)[C@H](C)C3)cc1OC. The van der Waals surface area contributed by atoms with Crippen LogP contribution in [0.3, 0.4) is 0 Å². The van der Waals surface area contributed by atoms with E-state index in [1.807, 2.05) is 43.3 Å². The van der Waals surface area contributed by atoms with Crippen LogP contribution >= 0.6 is 0 Å². The minimum absolute atomic E-state index is 0.0198. The van der Waals surface area contributed by atoms with Crippen LogP contribution in [0.4, 0.5) is 5.69 Å². The van der Waals surface area contributed by atoms with E-state index < -0.39 is 10.0 Å². The second kappa shape index (κ2) is 9.25. The Hall–Kier alpha value is -3.36. The van der Waals surface area contributed by atoms with E-state index in [2.05, 4.69) is 4.72 Å². The molecule has 0 spiro atoms. The maximum Gasteiger partial charge on any atom is 0.258 e. The molecule has 172 valence electrons. The molecule has 0 aromatic heterocycles. The van der Waals surface area contributed by atoms with Crippen molar-refractivity contribution in [1.82, 2.24) is 4.72 Å². The molecule has 3 aromatic carbocycles. The first-order chi connectivity index (χ1) is 15.8. The number of hydrogen-bond donors (Lipinski definition) is 1. The number of rotatable bonds is 7. The molecule has 1 N–H and O–H groups in total. The van der Waals surface area contributed by atoms with E-state index >= 15 is 0 Å². The van der Waals surface area contributed by atoms with Gasteiger partial charge in [-0.05, 0) is 54.8 Å². The molecule has 1 atom stereocenters. The molecule has 0 saturated heterocycles. The van der Waals surface area contributed by atoms with Crippen LogP contribution in [-0.2, 0) is 23.0 Å². The van der Waals surface area contributed by atoms with Crippen molar-refractivity contribution in [3.63, 3.8) is 0 Å². The van der Waals surface area contributed by atoms with Gasteiger partial charge in [0.15, 0.2) is 11.5 Å². The number of nitrogens with zero attached hydrogens (tertiary/aromatic N) is 1. The van der Waals surface area contributed by atoms with Crippen LogP contribution in [0, 0.1) is 0 Å². The van der Waals surface area contributed by atoms with Crippen molar-refractivity contribution in [3.8, 4) is 11.5 Å². The summed E-state index contributed by atoms with van der Waals surface area (Å²) in [6, 6.07) is 19.4. The first-order valence-corrected chi connectivity index (χ1v) is 12.0. The molecule has 0 fully saturated rings. The van der Waals surface area contributed by atoms with Crippen molar-refractivity contribution in [1.29, 1.82) is 0 Å². The molecule has 0 unspecified atom stereocenters. The molecule has 1 amide bonds. The zero-order chi connectivity index (χ0) is 23.6. The van der Waals surface area contributed by atoms with Crippen LogP contribution in [0.25, 0.3) is 0 Å². The second-order valence-corrected chi connectivity index (χ2v) is 9.67. The van der Waals surface area contributed by atoms with E-state index in [0.717, 1.165) is 23.2 Å². The number of hydrogen-bond acceptors (Lipinski definition) is 5. The van der Waals surface area contributed by atoms with Gasteiger partial charge in [0.2, 0.25) is 10.0 Å². The number of fused-ring (bicyclic) bond motifs is 1. The second-order valence-electron chi connectivity index (χ2n) is 7.90. The zero-order valence-corrected chi connectivity index (χ0v) is 19.6. The molecule has 4 rings (SSSR count). The van der Waals surface area contributed by atoms with Crippen LogP contribution in [0.2, 0.25) is 0 Å². The Morgan fingerprint density at radius 1 is 1.00 bits per heavy atom. The van der Waals surface area contributed by atoms with Gasteiger partial charge < -0.3 is 14.4 Å². The fourth-order valence-electron chi connectivity index (χ4n) is 4.04. The highest BCUT2D eigenvalue weighted by Crippen LogP contribution is 2.34. The number of sulfonamides is 1. The number of benzene rings is 3. The van der Waals surface area contributed by atoms with E-state index in [-0.39, 0.29) is 23.4 Å². The predicted octanol–water partition coefficient (Wildman–Crippen LogP) is 3.77. The lowest BCUT2D eigenvalue weighted by molar-refractivity contribution is 0.0981. The Labute approximate surface area is 194 Å². The van der Waals surface area contributed by atoms with Crippen LogP contribution in [0.5, 0.6) is 11.5 Å². The number of carbonyl (C=O) groups excluding carboxylic acids is 1. The van der Waals surface area contributed by atoms with Gasteiger partial charge in [-0.2, -0.15) is 0 Å². The smallest absolute Gasteiger partial charge is 0.258 e. The van der Waals surface area contributed by atoms with Crippen molar-refractivity contribution in [2.75, 3.05) is 19.1 Å². The summed E-state index contributed by atoms with van der Waals surface area (Å²) in [5.41, 5.74) is 3.27. The van der Waals surface area contributed by atoms with Gasteiger partial charge in [-0.15, -0.1) is 0 Å². The zero-order valence-electron chi connectivity index (χ0n) is 18.7. The van der Waals surface area contributed by atoms with Gasteiger partial charge in [0.1, 0.15) is 0 Å². The first kappa shape index (κ1) is 22.8. The fourth-order valence-corrected chi connectivity index (χ4v) is 5.07. The molecular formula is C25H26N2O5S. The quantitative estimate of drug-likeness (QED) is 0.573. The topological polar surface area (TPSA) is 84.9 Å². The van der Waals surface area contributed by atoms with E-state index in [9.17, 15) is 13.2 Å². The Kier molecular flexibility index (Phi) is 6.40. The van der Waals surface area contributed by atoms with Gasteiger partial charge in [0, 0.05) is 29.9 Å². The standard InChI is InChI=1S/C25H26N2O5S/c1-17-13-20-10-9-18(14-22(20)27(17)25(28)19-7-5-4-6-8-19)16-26-33(29,30)21-11-12-23(31-2)24(15-21)32-3/h4-12,14-15,17,26H,13,16H2,1-3H3/t17-/m1/s1. The number of amides is 1. The predicted molar refractivity (Wildman–Crippen MR) is 126 cm³/mol. The molecule has 0 radical (unpaired) electrons. The van der Waals surface area contributed by atoms with Crippen LogP contribution in [0.1, 0.15) is 28.4 Å². The minimum Gasteiger partial charge on any atom is -0.493 e. The van der Waals surface area contributed by atoms with E-state index in [1.165, 1.54) is 26.4 Å². The molecule has 1 aliphatic rings. The highest BCUT2D eigenvalue weighted by molar-refractivity contribution is 7.89. The van der Waals surface area contributed by atoms with Gasteiger partial charge in [-0.3, -0.25) is 4.79 Å². The molecule has 8 heteroatoms. The van der Waals surface area contributed by atoms with Gasteiger partial charge in [-0.1, -0.05) is 30.3 Å². The lowest BCUT2D eigenvalue weighted by atomic mass is 10.1. The summed E-state index contributed by atoms with van der Waals surface area (Å²) in [6.07, 6.45) is 0.756. The lowest BCUT2D eigenvalue weighted by Crippen LogP contribution is -2.35. The number of nitrogens with one attached hydrogen (secondary N) is 1. The van der Waals surface area contributed by atoms with Gasteiger partial charge in [-0.25, -0.2) is 13.1 Å². The van der Waals surface area contributed by atoms with Crippen LogP contribution in [-0.4, -0.2) is 34.6 Å². The summed E-state index contributed by atoms with van der Waals surface area (Å²) in [7, 11) is -0.835. The molecule has 0 aliphatic carbocycles. The molecule has 3 aromatic rings. The van der Waals surface area contributed by atoms with Crippen molar-refractivity contribution >= 4 is 21.6 Å². The summed E-state index contributed by atoms with van der Waals surface area (Å²) in [5, 5.41) is 0. The Morgan fingerprint density at radius 2 is 1.73 bits per heavy atom. The van der Waals surface area contributed by atoms with Gasteiger partial charge >= 0.3 is 0 Å². The summed E-state index contributed by atoms with van der Waals surface area (Å²) < 4.78 is 38.7. The Bertz CT molecular complexity index is 1280. The Morgan fingerprint density at radius 3 is 2.42 bits per heavy atom. The normalized spacial score (nSPS) is 15.2. The van der Waals surface area contributed by atoms with Crippen LogP contribution < -0.4 is 19.1 Å². The van der Waals surface area contributed by atoms with E-state index in [0.29, 0.717) is 17.1 Å². The van der Waals surface area contributed by atoms with Gasteiger partial charge in [0.25, 0.3) is 5.91 Å². The number of carbonyl (C=O) groups is 1. The average Bonchev–Trinajstić information content (AvgIpc) is 3.17. The maximum atomic E-state index is 13.1. The maximum absolute atomic E-state index is 13.1. The van der Waals surface area contributed by atoms with E-state index in [1.54, 1.807) is 23.1 Å². The first-order valence-electron chi connectivity index (χ1n) is 10.6. The summed E-state index contributed by atoms with van der Waals surface area (Å²) in [5.74, 6) is 0.722. The third kappa shape index (κ3) is 4.58. The summed E-state index contributed by atoms with van der Waals surface area (Å²) in [6.45, 7) is 2.10. The largest absolute Gasteiger partial charge is 0.493 e. The molecule has 1 heterocycles. The van der Waals surface area contributed by atoms with Crippen molar-refractivity contribution < 1.29 is 22.7 Å². The van der Waals surface area contributed by atoms with Crippen LogP contribution in [0.15, 0.2) is 71.6 Å². The molecule has 0 saturated carbocycles. The Balaban J connectivity index is 1.55. The van der Waals surface area contributed by atoms with Crippen molar-refractivity contribution in [2.45, 2.75) is 30.8 Å². The van der Waals surface area contributed by atoms with Crippen molar-refractivity contribution in [3.05, 3.63) is 83.4 Å². The monoisotopic (exact) mass is 466 g/mol. The number of anilines is 1. The van der Waals surface area contributed by atoms with Gasteiger partial charge in [0.05, 0.1) is 19.1 Å². The molecular weight excluding hydrogens is 440 g/mol. The third-order valence-corrected chi connectivity index (χ3v) is 7.14. The minimum atomic E-state index is -3.78. The van der Waals surface area contributed by atoms with Crippen molar-refractivity contribution in [2.24, 2.45) is 0 Å². The van der Waals surface area contributed by atoms with E-state index in [4.69, 9.17) is 9.47 Å². The molecule has 0 bridgehead atoms. The molecule has 1 aliphatic heterocycles.